The number of aliphatic hydroxyl groups excluding tert-OH is 2. The second-order valence-electron chi connectivity index (χ2n) is 5.11. The summed E-state index contributed by atoms with van der Waals surface area (Å²) in [5.41, 5.74) is 2.89. The molecule has 0 atom stereocenters. The fourth-order valence-electron chi connectivity index (χ4n) is 2.17. The van der Waals surface area contributed by atoms with Gasteiger partial charge in [0.05, 0.1) is 13.2 Å². The number of amides is 2. The Hall–Kier alpha value is -2.70. The first-order valence-corrected chi connectivity index (χ1v) is 7.64. The maximum absolute atomic E-state index is 11.8. The topological polar surface area (TPSA) is 98.7 Å². The molecule has 6 heteroatoms. The van der Waals surface area contributed by atoms with E-state index in [0.717, 1.165) is 11.1 Å². The van der Waals surface area contributed by atoms with Crippen LogP contribution in [0.15, 0.2) is 48.5 Å². The van der Waals surface area contributed by atoms with Gasteiger partial charge < -0.3 is 20.8 Å². The van der Waals surface area contributed by atoms with Gasteiger partial charge >= 0.3 is 0 Å². The fraction of sp³-hybridized carbons (Fsp3) is 0.222. The molecule has 0 unspecified atom stereocenters. The summed E-state index contributed by atoms with van der Waals surface area (Å²) in [7, 11) is 0. The molecule has 24 heavy (non-hydrogen) atoms. The van der Waals surface area contributed by atoms with Crippen molar-refractivity contribution in [3.05, 3.63) is 59.7 Å². The van der Waals surface area contributed by atoms with E-state index in [1.165, 1.54) is 0 Å². The quantitative estimate of drug-likeness (QED) is 0.604. The Kier molecular flexibility index (Phi) is 6.48. The van der Waals surface area contributed by atoms with Crippen molar-refractivity contribution < 1.29 is 19.8 Å². The van der Waals surface area contributed by atoms with Gasteiger partial charge in [0.1, 0.15) is 0 Å². The van der Waals surface area contributed by atoms with Gasteiger partial charge in [0.25, 0.3) is 11.8 Å². The van der Waals surface area contributed by atoms with Gasteiger partial charge in [0.2, 0.25) is 0 Å². The van der Waals surface area contributed by atoms with Crippen LogP contribution in [-0.4, -0.2) is 48.3 Å². The summed E-state index contributed by atoms with van der Waals surface area (Å²) < 4.78 is 0. The van der Waals surface area contributed by atoms with E-state index in [9.17, 15) is 9.59 Å². The largest absolute Gasteiger partial charge is 0.395 e. The minimum absolute atomic E-state index is 0.0952. The summed E-state index contributed by atoms with van der Waals surface area (Å²) in [6.45, 7) is 0.255. The molecular formula is C18H20N2O4. The van der Waals surface area contributed by atoms with Gasteiger partial charge in [0.15, 0.2) is 0 Å². The van der Waals surface area contributed by atoms with Crippen LogP contribution in [0.25, 0.3) is 11.1 Å². The Morgan fingerprint density at radius 1 is 0.667 bits per heavy atom. The highest BCUT2D eigenvalue weighted by molar-refractivity contribution is 5.95. The second kappa shape index (κ2) is 8.81. The molecule has 4 N–H and O–H groups in total. The van der Waals surface area contributed by atoms with E-state index in [1.54, 1.807) is 24.3 Å². The highest BCUT2D eigenvalue weighted by atomic mass is 16.3. The molecule has 6 nitrogen and oxygen atoms in total. The number of carbonyl (C=O) groups excluding carboxylic acids is 2. The summed E-state index contributed by atoms with van der Waals surface area (Å²) in [5.74, 6) is -0.460. The van der Waals surface area contributed by atoms with E-state index in [1.807, 2.05) is 24.3 Å². The van der Waals surface area contributed by atoms with Crippen molar-refractivity contribution in [3.63, 3.8) is 0 Å². The Bertz CT molecular complexity index is 620. The van der Waals surface area contributed by atoms with Gasteiger partial charge in [-0.1, -0.05) is 24.3 Å². The molecular weight excluding hydrogens is 308 g/mol. The highest BCUT2D eigenvalue weighted by Crippen LogP contribution is 2.20. The minimum atomic E-state index is -0.230. The summed E-state index contributed by atoms with van der Waals surface area (Å²) >= 11 is 0. The molecule has 0 heterocycles. The number of hydrogen-bond donors (Lipinski definition) is 4. The van der Waals surface area contributed by atoms with Crippen LogP contribution in [0, 0.1) is 0 Å². The zero-order valence-electron chi connectivity index (χ0n) is 13.2. The molecule has 2 aromatic carbocycles. The number of hydrogen-bond acceptors (Lipinski definition) is 4. The van der Waals surface area contributed by atoms with E-state index in [-0.39, 0.29) is 38.1 Å². The molecule has 2 amide bonds. The van der Waals surface area contributed by atoms with Crippen molar-refractivity contribution in [2.45, 2.75) is 0 Å². The van der Waals surface area contributed by atoms with Gasteiger partial charge in [-0.3, -0.25) is 9.59 Å². The Morgan fingerprint density at radius 3 is 1.29 bits per heavy atom. The number of rotatable bonds is 7. The molecule has 0 spiro atoms. The molecule has 0 aromatic heterocycles. The zero-order chi connectivity index (χ0) is 17.4. The van der Waals surface area contributed by atoms with Crippen molar-refractivity contribution in [2.24, 2.45) is 0 Å². The van der Waals surface area contributed by atoms with E-state index in [0.29, 0.717) is 11.1 Å². The van der Waals surface area contributed by atoms with Crippen molar-refractivity contribution >= 4 is 11.8 Å². The molecule has 0 bridgehead atoms. The number of benzene rings is 2. The third-order valence-electron chi connectivity index (χ3n) is 3.42. The van der Waals surface area contributed by atoms with Gasteiger partial charge in [-0.25, -0.2) is 0 Å². The monoisotopic (exact) mass is 328 g/mol. The summed E-state index contributed by atoms with van der Waals surface area (Å²) in [6.07, 6.45) is 0. The van der Waals surface area contributed by atoms with Crippen LogP contribution in [0.5, 0.6) is 0 Å². The first kappa shape index (κ1) is 17.7. The van der Waals surface area contributed by atoms with Crippen molar-refractivity contribution in [1.82, 2.24) is 10.6 Å². The lowest BCUT2D eigenvalue weighted by molar-refractivity contribution is 0.0937. The van der Waals surface area contributed by atoms with Crippen LogP contribution in [0.3, 0.4) is 0 Å². The second-order valence-corrected chi connectivity index (χ2v) is 5.11. The van der Waals surface area contributed by atoms with E-state index < -0.39 is 0 Å². The van der Waals surface area contributed by atoms with Gasteiger partial charge in [-0.15, -0.1) is 0 Å². The first-order valence-electron chi connectivity index (χ1n) is 7.64. The summed E-state index contributed by atoms with van der Waals surface area (Å²) in [6, 6.07) is 14.2. The van der Waals surface area contributed by atoms with Gasteiger partial charge in [-0.05, 0) is 35.4 Å². The molecule has 0 aliphatic heterocycles. The Morgan fingerprint density at radius 2 is 1.00 bits per heavy atom. The Labute approximate surface area is 140 Å². The zero-order valence-corrected chi connectivity index (χ0v) is 13.2. The van der Waals surface area contributed by atoms with Crippen molar-refractivity contribution in [2.75, 3.05) is 26.3 Å². The SMILES string of the molecule is O=C(NCCO)c1ccc(-c2ccc(C(=O)NCCO)cc2)cc1. The third-order valence-corrected chi connectivity index (χ3v) is 3.42. The molecule has 0 saturated heterocycles. The summed E-state index contributed by atoms with van der Waals surface area (Å²) in [4.78, 5) is 23.5. The van der Waals surface area contributed by atoms with E-state index in [2.05, 4.69) is 10.6 Å². The van der Waals surface area contributed by atoms with E-state index in [4.69, 9.17) is 10.2 Å². The van der Waals surface area contributed by atoms with Crippen LogP contribution in [0.2, 0.25) is 0 Å². The number of nitrogens with one attached hydrogen (secondary N) is 2. The fourth-order valence-corrected chi connectivity index (χ4v) is 2.17. The Balaban J connectivity index is 2.06. The lowest BCUT2D eigenvalue weighted by Crippen LogP contribution is -2.26. The van der Waals surface area contributed by atoms with Crippen molar-refractivity contribution in [1.29, 1.82) is 0 Å². The van der Waals surface area contributed by atoms with Crippen LogP contribution in [-0.2, 0) is 0 Å². The molecule has 0 saturated carbocycles. The normalized spacial score (nSPS) is 10.2. The highest BCUT2D eigenvalue weighted by Gasteiger charge is 2.07. The molecule has 2 aromatic rings. The molecule has 0 fully saturated rings. The predicted octanol–water partition coefficient (Wildman–Crippen LogP) is 0.798. The van der Waals surface area contributed by atoms with Crippen LogP contribution >= 0.6 is 0 Å². The van der Waals surface area contributed by atoms with Crippen LogP contribution in [0.1, 0.15) is 20.7 Å². The molecule has 0 aliphatic rings. The standard InChI is InChI=1S/C18H20N2O4/c21-11-9-19-17(23)15-5-1-13(2-6-15)14-3-7-16(8-4-14)18(24)20-10-12-22/h1-8,21-22H,9-12H2,(H,19,23)(H,20,24). The smallest absolute Gasteiger partial charge is 0.251 e. The predicted molar refractivity (Wildman–Crippen MR) is 90.7 cm³/mol. The molecule has 126 valence electrons. The molecule has 0 aliphatic carbocycles. The minimum Gasteiger partial charge on any atom is -0.395 e. The maximum atomic E-state index is 11.8. The van der Waals surface area contributed by atoms with Crippen LogP contribution < -0.4 is 10.6 Å². The average molecular weight is 328 g/mol. The lowest BCUT2D eigenvalue weighted by Gasteiger charge is -2.07. The lowest BCUT2D eigenvalue weighted by atomic mass is 10.0. The molecule has 0 radical (unpaired) electrons. The van der Waals surface area contributed by atoms with Crippen molar-refractivity contribution in [3.8, 4) is 11.1 Å². The summed E-state index contributed by atoms with van der Waals surface area (Å²) in [5, 5.41) is 22.6. The van der Waals surface area contributed by atoms with Gasteiger partial charge in [-0.2, -0.15) is 0 Å². The van der Waals surface area contributed by atoms with E-state index >= 15 is 0 Å². The molecule has 2 rings (SSSR count). The average Bonchev–Trinajstić information content (AvgIpc) is 2.64. The number of aliphatic hydroxyl groups is 2. The van der Waals surface area contributed by atoms with Crippen LogP contribution in [0.4, 0.5) is 0 Å². The number of carbonyl (C=O) groups is 2. The van der Waals surface area contributed by atoms with Gasteiger partial charge in [0, 0.05) is 24.2 Å². The maximum Gasteiger partial charge on any atom is 0.251 e. The first-order chi connectivity index (χ1) is 11.7. The third kappa shape index (κ3) is 4.65.